The van der Waals surface area contributed by atoms with Gasteiger partial charge < -0.3 is 10.4 Å². The molecule has 4 nitrogen and oxygen atoms in total. The number of alkyl halides is 3. The molecule has 1 atom stereocenters. The van der Waals surface area contributed by atoms with E-state index in [2.05, 4.69) is 0 Å². The van der Waals surface area contributed by atoms with Crippen molar-refractivity contribution < 1.29 is 27.9 Å². The molecule has 0 heterocycles. The minimum atomic E-state index is -4.84. The Morgan fingerprint density at radius 3 is 2.15 bits per heavy atom. The van der Waals surface area contributed by atoms with Crippen molar-refractivity contribution in [2.45, 2.75) is 13.1 Å². The van der Waals surface area contributed by atoms with Crippen LogP contribution in [0.5, 0.6) is 0 Å². The zero-order valence-corrected chi connectivity index (χ0v) is 6.68. The van der Waals surface area contributed by atoms with Crippen LogP contribution in [-0.4, -0.2) is 29.7 Å². The molecule has 1 unspecified atom stereocenters. The van der Waals surface area contributed by atoms with Crippen LogP contribution >= 0.6 is 0 Å². The van der Waals surface area contributed by atoms with Gasteiger partial charge in [0.2, 0.25) is 5.91 Å². The highest BCUT2D eigenvalue weighted by Crippen LogP contribution is 2.25. The van der Waals surface area contributed by atoms with Gasteiger partial charge in [-0.1, -0.05) is 0 Å². The molecule has 0 aromatic carbocycles. The summed E-state index contributed by atoms with van der Waals surface area (Å²) < 4.78 is 35.7. The molecular formula is C6H8F3NO3. The van der Waals surface area contributed by atoms with E-state index >= 15 is 0 Å². The number of aliphatic carboxylic acids is 1. The van der Waals surface area contributed by atoms with Gasteiger partial charge in [-0.05, 0) is 0 Å². The van der Waals surface area contributed by atoms with Crippen LogP contribution in [0.4, 0.5) is 13.2 Å². The normalized spacial score (nSPS) is 13.5. The maximum atomic E-state index is 11.9. The molecule has 2 N–H and O–H groups in total. The van der Waals surface area contributed by atoms with Crippen molar-refractivity contribution >= 4 is 11.9 Å². The molecule has 7 heteroatoms. The average Bonchev–Trinajstić information content (AvgIpc) is 1.81. The first-order valence-corrected chi connectivity index (χ1v) is 3.29. The third-order valence-corrected chi connectivity index (χ3v) is 1.25. The Balaban J connectivity index is 4.28. The molecule has 0 saturated carbocycles. The second kappa shape index (κ2) is 4.11. The van der Waals surface area contributed by atoms with Crippen molar-refractivity contribution in [2.75, 3.05) is 6.54 Å². The van der Waals surface area contributed by atoms with Gasteiger partial charge in [-0.15, -0.1) is 0 Å². The maximum absolute atomic E-state index is 11.9. The molecular weight excluding hydrogens is 191 g/mol. The molecule has 0 aliphatic heterocycles. The third kappa shape index (κ3) is 4.34. The van der Waals surface area contributed by atoms with Crippen LogP contribution < -0.4 is 5.32 Å². The van der Waals surface area contributed by atoms with E-state index in [0.29, 0.717) is 0 Å². The molecule has 0 aliphatic rings. The van der Waals surface area contributed by atoms with Crippen LogP contribution in [0, 0.1) is 5.92 Å². The lowest BCUT2D eigenvalue weighted by Gasteiger charge is -2.15. The van der Waals surface area contributed by atoms with Gasteiger partial charge in [0.05, 0.1) is 0 Å². The highest BCUT2D eigenvalue weighted by atomic mass is 19.4. The number of carbonyl (C=O) groups excluding carboxylic acids is 1. The number of carbonyl (C=O) groups is 2. The largest absolute Gasteiger partial charge is 0.481 e. The van der Waals surface area contributed by atoms with Gasteiger partial charge in [0, 0.05) is 13.5 Å². The number of halogens is 3. The maximum Gasteiger partial charge on any atom is 0.403 e. The summed E-state index contributed by atoms with van der Waals surface area (Å²) in [5.74, 6) is -5.24. The second-order valence-corrected chi connectivity index (χ2v) is 2.37. The fourth-order valence-electron chi connectivity index (χ4n) is 0.589. The van der Waals surface area contributed by atoms with Crippen molar-refractivity contribution in [1.82, 2.24) is 5.32 Å². The van der Waals surface area contributed by atoms with E-state index in [0.717, 1.165) is 6.92 Å². The van der Waals surface area contributed by atoms with E-state index < -0.39 is 30.5 Å². The van der Waals surface area contributed by atoms with Crippen molar-refractivity contribution in [1.29, 1.82) is 0 Å². The molecule has 76 valence electrons. The lowest BCUT2D eigenvalue weighted by Crippen LogP contribution is -2.40. The summed E-state index contributed by atoms with van der Waals surface area (Å²) in [5, 5.41) is 9.94. The van der Waals surface area contributed by atoms with Crippen LogP contribution in [-0.2, 0) is 9.59 Å². The first-order chi connectivity index (χ1) is 5.75. The van der Waals surface area contributed by atoms with E-state index in [1.807, 2.05) is 0 Å². The number of hydrogen-bond acceptors (Lipinski definition) is 2. The monoisotopic (exact) mass is 199 g/mol. The average molecular weight is 199 g/mol. The highest BCUT2D eigenvalue weighted by molar-refractivity contribution is 5.75. The summed E-state index contributed by atoms with van der Waals surface area (Å²) in [5.41, 5.74) is 0. The van der Waals surface area contributed by atoms with Gasteiger partial charge >= 0.3 is 12.1 Å². The number of carboxylic acid groups (broad SMARTS) is 1. The quantitative estimate of drug-likeness (QED) is 0.690. The highest BCUT2D eigenvalue weighted by Gasteiger charge is 2.44. The molecule has 0 aromatic rings. The molecule has 0 radical (unpaired) electrons. The van der Waals surface area contributed by atoms with Gasteiger partial charge in [0.15, 0.2) is 5.92 Å². The number of amides is 1. The van der Waals surface area contributed by atoms with Gasteiger partial charge in [0.25, 0.3) is 0 Å². The lowest BCUT2D eigenvalue weighted by atomic mass is 10.1. The summed E-state index contributed by atoms with van der Waals surface area (Å²) in [6, 6.07) is 0. The molecule has 0 fully saturated rings. The van der Waals surface area contributed by atoms with Crippen LogP contribution in [0.25, 0.3) is 0 Å². The predicted molar refractivity (Wildman–Crippen MR) is 35.9 cm³/mol. The molecule has 0 spiro atoms. The number of carboxylic acids is 1. The van der Waals surface area contributed by atoms with E-state index in [1.54, 1.807) is 5.32 Å². The number of nitrogens with one attached hydrogen (secondary N) is 1. The van der Waals surface area contributed by atoms with E-state index in [4.69, 9.17) is 5.11 Å². The Morgan fingerprint density at radius 2 is 1.92 bits per heavy atom. The Bertz CT molecular complexity index is 214. The predicted octanol–water partition coefficient (Wildman–Crippen LogP) is 0.386. The Kier molecular flexibility index (Phi) is 3.70. The van der Waals surface area contributed by atoms with Gasteiger partial charge in [-0.2, -0.15) is 13.2 Å². The first-order valence-electron chi connectivity index (χ1n) is 3.29. The first kappa shape index (κ1) is 11.7. The minimum absolute atomic E-state index is 0.699. The Morgan fingerprint density at radius 1 is 1.46 bits per heavy atom. The Labute approximate surface area is 71.7 Å². The van der Waals surface area contributed by atoms with Crippen molar-refractivity contribution in [3.05, 3.63) is 0 Å². The number of hydrogen-bond donors (Lipinski definition) is 2. The van der Waals surface area contributed by atoms with Crippen LogP contribution in [0.3, 0.4) is 0 Å². The third-order valence-electron chi connectivity index (χ3n) is 1.25. The fourth-order valence-corrected chi connectivity index (χ4v) is 0.589. The van der Waals surface area contributed by atoms with Crippen LogP contribution in [0.1, 0.15) is 6.92 Å². The van der Waals surface area contributed by atoms with Crippen molar-refractivity contribution in [2.24, 2.45) is 5.92 Å². The topological polar surface area (TPSA) is 66.4 Å². The van der Waals surface area contributed by atoms with Crippen molar-refractivity contribution in [3.63, 3.8) is 0 Å². The van der Waals surface area contributed by atoms with E-state index in [-0.39, 0.29) is 0 Å². The van der Waals surface area contributed by atoms with Crippen LogP contribution in [0.15, 0.2) is 0 Å². The second-order valence-electron chi connectivity index (χ2n) is 2.37. The van der Waals surface area contributed by atoms with Crippen molar-refractivity contribution in [3.8, 4) is 0 Å². The lowest BCUT2D eigenvalue weighted by molar-refractivity contribution is -0.192. The molecule has 0 rings (SSSR count). The van der Waals surface area contributed by atoms with Gasteiger partial charge in [-0.25, -0.2) is 0 Å². The van der Waals surface area contributed by atoms with E-state index in [9.17, 15) is 22.8 Å². The molecule has 1 amide bonds. The summed E-state index contributed by atoms with van der Waals surface area (Å²) >= 11 is 0. The zero-order chi connectivity index (χ0) is 10.6. The standard InChI is InChI=1S/C6H8F3NO3/c1-3(11)10-2-4(5(12)13)6(7,8)9/h4H,2H2,1H3,(H,10,11)(H,12,13). The van der Waals surface area contributed by atoms with Gasteiger partial charge in [0.1, 0.15) is 0 Å². The zero-order valence-electron chi connectivity index (χ0n) is 6.68. The van der Waals surface area contributed by atoms with Crippen LogP contribution in [0.2, 0.25) is 0 Å². The molecule has 0 saturated heterocycles. The smallest absolute Gasteiger partial charge is 0.403 e. The Hall–Kier alpha value is -1.27. The summed E-state index contributed by atoms with van der Waals surface area (Å²) in [7, 11) is 0. The van der Waals surface area contributed by atoms with E-state index in [1.165, 1.54) is 0 Å². The fraction of sp³-hybridized carbons (Fsp3) is 0.667. The molecule has 0 bridgehead atoms. The summed E-state index contributed by atoms with van der Waals surface area (Å²) in [4.78, 5) is 20.3. The summed E-state index contributed by atoms with van der Waals surface area (Å²) in [6.45, 7) is 0.0729. The molecule has 0 aliphatic carbocycles. The number of rotatable bonds is 3. The minimum Gasteiger partial charge on any atom is -0.481 e. The molecule has 13 heavy (non-hydrogen) atoms. The van der Waals surface area contributed by atoms with Gasteiger partial charge in [-0.3, -0.25) is 9.59 Å². The molecule has 0 aromatic heterocycles. The SMILES string of the molecule is CC(=O)NCC(C(=O)O)C(F)(F)F. The summed E-state index contributed by atoms with van der Waals surface area (Å²) in [6.07, 6.45) is -4.84.